The van der Waals surface area contributed by atoms with Gasteiger partial charge in [-0.25, -0.2) is 0 Å². The predicted octanol–water partition coefficient (Wildman–Crippen LogP) is 1.42. The van der Waals surface area contributed by atoms with Gasteiger partial charge in [-0.2, -0.15) is 0 Å². The van der Waals surface area contributed by atoms with Crippen molar-refractivity contribution in [3.05, 3.63) is 0 Å². The van der Waals surface area contributed by atoms with E-state index >= 15 is 0 Å². The van der Waals surface area contributed by atoms with E-state index in [0.717, 1.165) is 26.1 Å². The zero-order chi connectivity index (χ0) is 10.2. The van der Waals surface area contributed by atoms with Crippen molar-refractivity contribution >= 4 is 18.3 Å². The summed E-state index contributed by atoms with van der Waals surface area (Å²) in [6.07, 6.45) is 3.39. The first-order chi connectivity index (χ1) is 6.61. The maximum atomic E-state index is 12.0. The maximum absolute atomic E-state index is 12.0. The van der Waals surface area contributed by atoms with Gasteiger partial charge in [-0.15, -0.1) is 12.4 Å². The molecule has 2 saturated heterocycles. The summed E-state index contributed by atoms with van der Waals surface area (Å²) in [5.41, 5.74) is -0.114. The molecule has 4 heteroatoms. The normalized spacial score (nSPS) is 30.1. The van der Waals surface area contributed by atoms with Crippen LogP contribution in [0.5, 0.6) is 0 Å². The van der Waals surface area contributed by atoms with E-state index in [0.29, 0.717) is 11.9 Å². The Labute approximate surface area is 98.0 Å². The molecule has 0 spiro atoms. The van der Waals surface area contributed by atoms with Crippen LogP contribution in [0.3, 0.4) is 0 Å². The van der Waals surface area contributed by atoms with Crippen molar-refractivity contribution in [1.82, 2.24) is 10.2 Å². The summed E-state index contributed by atoms with van der Waals surface area (Å²) in [6.45, 7) is 7.18. The highest BCUT2D eigenvalue weighted by atomic mass is 35.5. The van der Waals surface area contributed by atoms with Gasteiger partial charge in [0.25, 0.3) is 0 Å². The van der Waals surface area contributed by atoms with E-state index in [1.807, 2.05) is 0 Å². The molecule has 0 bridgehead atoms. The summed E-state index contributed by atoms with van der Waals surface area (Å²) in [4.78, 5) is 14.1. The van der Waals surface area contributed by atoms with E-state index in [9.17, 15) is 4.79 Å². The van der Waals surface area contributed by atoms with Crippen LogP contribution < -0.4 is 5.32 Å². The van der Waals surface area contributed by atoms with Crippen molar-refractivity contribution < 1.29 is 4.79 Å². The summed E-state index contributed by atoms with van der Waals surface area (Å²) in [5, 5.41) is 3.37. The highest BCUT2D eigenvalue weighted by Gasteiger charge is 2.41. The van der Waals surface area contributed by atoms with Crippen molar-refractivity contribution in [2.75, 3.05) is 19.6 Å². The average molecular weight is 233 g/mol. The molecule has 15 heavy (non-hydrogen) atoms. The van der Waals surface area contributed by atoms with Gasteiger partial charge in [0.05, 0.1) is 0 Å². The summed E-state index contributed by atoms with van der Waals surface area (Å²) in [7, 11) is 0. The molecular weight excluding hydrogens is 212 g/mol. The topological polar surface area (TPSA) is 32.3 Å². The molecule has 0 aromatic rings. The molecule has 3 nitrogen and oxygen atoms in total. The molecule has 0 aromatic heterocycles. The van der Waals surface area contributed by atoms with Crippen LogP contribution in [0, 0.1) is 5.41 Å². The number of likely N-dealkylation sites (tertiary alicyclic amines) is 1. The number of piperidine rings is 1. The standard InChI is InChI=1S/C11H20N2O.ClH/c1-11(2)5-7-13(10(11)14)9-4-3-6-12-8-9;/h9,12H,3-8H2,1-2H3;1H. The second-order valence-electron chi connectivity index (χ2n) is 5.13. The van der Waals surface area contributed by atoms with Gasteiger partial charge < -0.3 is 10.2 Å². The molecule has 1 N–H and O–H groups in total. The van der Waals surface area contributed by atoms with Crippen LogP contribution in [0.25, 0.3) is 0 Å². The Bertz CT molecular complexity index is 237. The quantitative estimate of drug-likeness (QED) is 0.742. The zero-order valence-corrected chi connectivity index (χ0v) is 10.4. The number of nitrogens with one attached hydrogen (secondary N) is 1. The van der Waals surface area contributed by atoms with E-state index in [4.69, 9.17) is 0 Å². The molecule has 2 fully saturated rings. The minimum absolute atomic E-state index is 0. The number of hydrogen-bond donors (Lipinski definition) is 1. The Morgan fingerprint density at radius 2 is 2.20 bits per heavy atom. The van der Waals surface area contributed by atoms with Crippen LogP contribution >= 0.6 is 12.4 Å². The fourth-order valence-corrected chi connectivity index (χ4v) is 2.45. The Morgan fingerprint density at radius 3 is 2.67 bits per heavy atom. The molecular formula is C11H21ClN2O. The number of hydrogen-bond acceptors (Lipinski definition) is 2. The summed E-state index contributed by atoms with van der Waals surface area (Å²) < 4.78 is 0. The molecule has 2 rings (SSSR count). The van der Waals surface area contributed by atoms with Gasteiger partial charge in [0.1, 0.15) is 0 Å². The summed E-state index contributed by atoms with van der Waals surface area (Å²) in [5.74, 6) is 0.353. The largest absolute Gasteiger partial charge is 0.338 e. The molecule has 1 unspecified atom stereocenters. The number of amides is 1. The van der Waals surface area contributed by atoms with E-state index in [1.54, 1.807) is 0 Å². The Morgan fingerprint density at radius 1 is 1.47 bits per heavy atom. The van der Waals surface area contributed by atoms with Gasteiger partial charge in [-0.05, 0) is 25.8 Å². The van der Waals surface area contributed by atoms with Crippen LogP contribution in [0.4, 0.5) is 0 Å². The molecule has 2 heterocycles. The van der Waals surface area contributed by atoms with Crippen molar-refractivity contribution in [2.45, 2.75) is 39.2 Å². The zero-order valence-electron chi connectivity index (χ0n) is 9.58. The minimum atomic E-state index is -0.114. The molecule has 2 aliphatic rings. The number of carbonyl (C=O) groups excluding carboxylic acids is 1. The summed E-state index contributed by atoms with van der Waals surface area (Å²) in [6, 6.07) is 0.457. The number of nitrogens with zero attached hydrogens (tertiary/aromatic N) is 1. The Balaban J connectivity index is 0.00000112. The number of rotatable bonds is 1. The first-order valence-electron chi connectivity index (χ1n) is 5.63. The van der Waals surface area contributed by atoms with Crippen LogP contribution in [-0.4, -0.2) is 36.5 Å². The lowest BCUT2D eigenvalue weighted by molar-refractivity contribution is -0.136. The van der Waals surface area contributed by atoms with Crippen LogP contribution in [-0.2, 0) is 4.79 Å². The van der Waals surface area contributed by atoms with Gasteiger partial charge in [0, 0.05) is 24.5 Å². The molecule has 2 aliphatic heterocycles. The van der Waals surface area contributed by atoms with E-state index in [-0.39, 0.29) is 17.8 Å². The molecule has 1 atom stereocenters. The second-order valence-corrected chi connectivity index (χ2v) is 5.13. The third-order valence-corrected chi connectivity index (χ3v) is 3.53. The highest BCUT2D eigenvalue weighted by molar-refractivity contribution is 5.85. The van der Waals surface area contributed by atoms with Crippen molar-refractivity contribution in [3.63, 3.8) is 0 Å². The molecule has 88 valence electrons. The van der Waals surface area contributed by atoms with Crippen LogP contribution in [0.15, 0.2) is 0 Å². The molecule has 0 saturated carbocycles. The Hall–Kier alpha value is -0.280. The lowest BCUT2D eigenvalue weighted by atomic mass is 9.92. The monoisotopic (exact) mass is 232 g/mol. The molecule has 1 amide bonds. The van der Waals surface area contributed by atoms with Crippen LogP contribution in [0.2, 0.25) is 0 Å². The second kappa shape index (κ2) is 4.71. The van der Waals surface area contributed by atoms with E-state index in [2.05, 4.69) is 24.1 Å². The van der Waals surface area contributed by atoms with Gasteiger partial charge >= 0.3 is 0 Å². The summed E-state index contributed by atoms with van der Waals surface area (Å²) >= 11 is 0. The van der Waals surface area contributed by atoms with Crippen molar-refractivity contribution in [1.29, 1.82) is 0 Å². The lowest BCUT2D eigenvalue weighted by Crippen LogP contribution is -2.47. The van der Waals surface area contributed by atoms with E-state index in [1.165, 1.54) is 12.8 Å². The molecule has 0 aromatic carbocycles. The molecule has 0 radical (unpaired) electrons. The number of halogens is 1. The fourth-order valence-electron chi connectivity index (χ4n) is 2.45. The highest BCUT2D eigenvalue weighted by Crippen LogP contribution is 2.32. The Kier molecular flexibility index (Phi) is 4.01. The SMILES string of the molecule is CC1(C)CCN(C2CCCNC2)C1=O.Cl. The average Bonchev–Trinajstić information content (AvgIpc) is 2.44. The smallest absolute Gasteiger partial charge is 0.228 e. The maximum Gasteiger partial charge on any atom is 0.228 e. The number of carbonyl (C=O) groups is 1. The van der Waals surface area contributed by atoms with Crippen molar-refractivity contribution in [2.24, 2.45) is 5.41 Å². The minimum Gasteiger partial charge on any atom is -0.338 e. The van der Waals surface area contributed by atoms with Gasteiger partial charge in [0.2, 0.25) is 5.91 Å². The van der Waals surface area contributed by atoms with Crippen LogP contribution in [0.1, 0.15) is 33.1 Å². The van der Waals surface area contributed by atoms with Gasteiger partial charge in [0.15, 0.2) is 0 Å². The van der Waals surface area contributed by atoms with E-state index < -0.39 is 0 Å². The first kappa shape index (κ1) is 12.8. The lowest BCUT2D eigenvalue weighted by Gasteiger charge is -2.32. The third-order valence-electron chi connectivity index (χ3n) is 3.53. The predicted molar refractivity (Wildman–Crippen MR) is 63.3 cm³/mol. The first-order valence-corrected chi connectivity index (χ1v) is 5.63. The third kappa shape index (κ3) is 2.45. The fraction of sp³-hybridized carbons (Fsp3) is 0.909. The van der Waals surface area contributed by atoms with Gasteiger partial charge in [-0.3, -0.25) is 4.79 Å². The van der Waals surface area contributed by atoms with Crippen molar-refractivity contribution in [3.8, 4) is 0 Å². The molecule has 0 aliphatic carbocycles. The van der Waals surface area contributed by atoms with Gasteiger partial charge in [-0.1, -0.05) is 13.8 Å².